The standard InChI is InChI=1S/C33H46N4O9/c1-4-5-6-7-8-9-12-19(2)29-20(3)30(42)35-24(15-16-26(39)40)31(43)37-27(32(44)36-25(18-38)33(45)46-29)28(41)22-17-34-23-14-11-10-13-21(22)23/h10-11,13-14,17,19-20,24-25,27,29,34,38H,4-9,12,15-16,18H2,1-3H3,(H,35,42)(H,36,44)(H,37,43)(H,39,40). The first-order chi connectivity index (χ1) is 22.0. The largest absolute Gasteiger partial charge is 0.481 e. The van der Waals surface area contributed by atoms with Crippen molar-refractivity contribution >= 4 is 46.3 Å². The number of ketones is 1. The predicted molar refractivity (Wildman–Crippen MR) is 169 cm³/mol. The number of para-hydroxylation sites is 1. The Morgan fingerprint density at radius 3 is 2.28 bits per heavy atom. The van der Waals surface area contributed by atoms with Gasteiger partial charge in [0.2, 0.25) is 11.8 Å². The van der Waals surface area contributed by atoms with Gasteiger partial charge in [0.15, 0.2) is 17.9 Å². The summed E-state index contributed by atoms with van der Waals surface area (Å²) in [4.78, 5) is 82.0. The minimum atomic E-state index is -1.89. The second-order valence-electron chi connectivity index (χ2n) is 12.0. The lowest BCUT2D eigenvalue weighted by Crippen LogP contribution is -2.58. The van der Waals surface area contributed by atoms with Crippen molar-refractivity contribution in [3.8, 4) is 0 Å². The molecule has 6 unspecified atom stereocenters. The topological polar surface area (TPSA) is 204 Å². The molecule has 1 aliphatic heterocycles. The summed E-state index contributed by atoms with van der Waals surface area (Å²) in [5.74, 6) is -7.04. The first-order valence-corrected chi connectivity index (χ1v) is 16.0. The Hall–Kier alpha value is -4.26. The highest BCUT2D eigenvalue weighted by molar-refractivity contribution is 6.20. The molecular weight excluding hydrogens is 596 g/mol. The van der Waals surface area contributed by atoms with Crippen LogP contribution in [-0.2, 0) is 28.7 Å². The number of esters is 1. The second kappa shape index (κ2) is 17.4. The van der Waals surface area contributed by atoms with E-state index in [2.05, 4.69) is 27.9 Å². The zero-order valence-electron chi connectivity index (χ0n) is 26.7. The van der Waals surface area contributed by atoms with Gasteiger partial charge in [-0.1, -0.05) is 77.5 Å². The van der Waals surface area contributed by atoms with Gasteiger partial charge in [-0.25, -0.2) is 4.79 Å². The molecule has 6 N–H and O–H groups in total. The van der Waals surface area contributed by atoms with Crippen LogP contribution in [0.15, 0.2) is 30.5 Å². The number of unbranched alkanes of at least 4 members (excludes halogenated alkanes) is 5. The van der Waals surface area contributed by atoms with E-state index in [1.54, 1.807) is 24.3 Å². The number of carbonyl (C=O) groups is 6. The molecule has 1 aliphatic rings. The molecule has 6 atom stereocenters. The number of aromatic nitrogens is 1. The van der Waals surface area contributed by atoms with Crippen LogP contribution in [0.4, 0.5) is 0 Å². The quantitative estimate of drug-likeness (QED) is 0.0775. The van der Waals surface area contributed by atoms with Gasteiger partial charge in [-0.3, -0.25) is 24.0 Å². The fraction of sp³-hybridized carbons (Fsp3) is 0.576. The van der Waals surface area contributed by atoms with Crippen LogP contribution in [-0.4, -0.2) is 81.5 Å². The molecular formula is C33H46N4O9. The van der Waals surface area contributed by atoms with Crippen LogP contribution in [0.2, 0.25) is 0 Å². The molecule has 0 aliphatic carbocycles. The number of rotatable bonds is 14. The van der Waals surface area contributed by atoms with Gasteiger partial charge in [0, 0.05) is 29.1 Å². The van der Waals surface area contributed by atoms with Gasteiger partial charge < -0.3 is 35.9 Å². The number of aromatic amines is 1. The third kappa shape index (κ3) is 9.62. The summed E-state index contributed by atoms with van der Waals surface area (Å²) in [6.45, 7) is 4.64. The van der Waals surface area contributed by atoms with Crippen molar-refractivity contribution < 1.29 is 43.7 Å². The first kappa shape index (κ1) is 36.2. The number of nitrogens with one attached hydrogen (secondary N) is 4. The fourth-order valence-corrected chi connectivity index (χ4v) is 5.69. The molecule has 1 aromatic heterocycles. The Morgan fingerprint density at radius 1 is 0.913 bits per heavy atom. The molecule has 252 valence electrons. The van der Waals surface area contributed by atoms with Gasteiger partial charge >= 0.3 is 11.9 Å². The van der Waals surface area contributed by atoms with Crippen LogP contribution in [0.5, 0.6) is 0 Å². The SMILES string of the molecule is CCCCCCCCC(C)C1OC(=O)C(CO)NC(=O)C(C(=O)c2c[nH]c3ccccc23)NC(=O)C(CCC(=O)O)NC(=O)C1C. The Kier molecular flexibility index (Phi) is 13.7. The van der Waals surface area contributed by atoms with E-state index >= 15 is 0 Å². The fourth-order valence-electron chi connectivity index (χ4n) is 5.69. The Morgan fingerprint density at radius 2 is 1.59 bits per heavy atom. The number of aliphatic hydroxyl groups is 1. The van der Waals surface area contributed by atoms with E-state index in [-0.39, 0.29) is 17.9 Å². The first-order valence-electron chi connectivity index (χ1n) is 16.0. The average Bonchev–Trinajstić information content (AvgIpc) is 3.47. The van der Waals surface area contributed by atoms with E-state index in [1.165, 1.54) is 13.1 Å². The molecule has 3 amide bonds. The number of aliphatic carboxylic acids is 1. The van der Waals surface area contributed by atoms with Gasteiger partial charge in [0.1, 0.15) is 12.1 Å². The van der Waals surface area contributed by atoms with Crippen LogP contribution in [0.3, 0.4) is 0 Å². The Bertz CT molecular complexity index is 1390. The van der Waals surface area contributed by atoms with Crippen LogP contribution in [0.25, 0.3) is 10.9 Å². The van der Waals surface area contributed by atoms with Gasteiger partial charge in [0.05, 0.1) is 12.5 Å². The number of hydrogen-bond donors (Lipinski definition) is 6. The lowest BCUT2D eigenvalue weighted by molar-refractivity contribution is -0.161. The average molecular weight is 643 g/mol. The van der Waals surface area contributed by atoms with Crippen molar-refractivity contribution in [2.24, 2.45) is 11.8 Å². The number of aliphatic hydroxyl groups excluding tert-OH is 1. The number of amides is 3. The summed E-state index contributed by atoms with van der Waals surface area (Å²) in [5.41, 5.74) is 0.674. The smallest absolute Gasteiger partial charge is 0.331 e. The van der Waals surface area contributed by atoms with Crippen LogP contribution < -0.4 is 16.0 Å². The van der Waals surface area contributed by atoms with E-state index in [0.29, 0.717) is 17.3 Å². The minimum absolute atomic E-state index is 0.0758. The van der Waals surface area contributed by atoms with E-state index in [0.717, 1.165) is 38.5 Å². The minimum Gasteiger partial charge on any atom is -0.481 e. The maximum absolute atomic E-state index is 13.8. The number of carboxylic acid groups (broad SMARTS) is 1. The van der Waals surface area contributed by atoms with Crippen LogP contribution >= 0.6 is 0 Å². The number of carbonyl (C=O) groups excluding carboxylic acids is 5. The Balaban J connectivity index is 1.95. The summed E-state index contributed by atoms with van der Waals surface area (Å²) < 4.78 is 5.78. The molecule has 3 rings (SSSR count). The van der Waals surface area contributed by atoms with E-state index < -0.39 is 78.6 Å². The van der Waals surface area contributed by atoms with Gasteiger partial charge in [0.25, 0.3) is 5.91 Å². The highest BCUT2D eigenvalue weighted by atomic mass is 16.5. The summed E-state index contributed by atoms with van der Waals surface area (Å²) in [7, 11) is 0. The summed E-state index contributed by atoms with van der Waals surface area (Å²) in [6.07, 6.45) is 6.43. The number of H-pyrrole nitrogens is 1. The number of benzene rings is 1. The van der Waals surface area contributed by atoms with Gasteiger partial charge in [-0.05, 0) is 24.8 Å². The number of hydrogen-bond acceptors (Lipinski definition) is 8. The van der Waals surface area contributed by atoms with Crippen molar-refractivity contribution in [1.82, 2.24) is 20.9 Å². The van der Waals surface area contributed by atoms with Crippen molar-refractivity contribution in [2.75, 3.05) is 6.61 Å². The number of Topliss-reactive ketones (excluding diaryl/α,β-unsaturated/α-hetero) is 1. The summed E-state index contributed by atoms with van der Waals surface area (Å²) in [5, 5.41) is 27.1. The van der Waals surface area contributed by atoms with Gasteiger partial charge in [-0.2, -0.15) is 0 Å². The second-order valence-corrected chi connectivity index (χ2v) is 12.0. The number of fused-ring (bicyclic) bond motifs is 1. The molecule has 1 fully saturated rings. The zero-order chi connectivity index (χ0) is 33.8. The van der Waals surface area contributed by atoms with Crippen LogP contribution in [0, 0.1) is 11.8 Å². The zero-order valence-corrected chi connectivity index (χ0v) is 26.7. The monoisotopic (exact) mass is 642 g/mol. The molecule has 2 aromatic rings. The predicted octanol–water partition coefficient (Wildman–Crippen LogP) is 2.61. The molecule has 0 saturated carbocycles. The molecule has 13 nitrogen and oxygen atoms in total. The third-order valence-electron chi connectivity index (χ3n) is 8.46. The molecule has 0 bridgehead atoms. The number of ether oxygens (including phenoxy) is 1. The highest BCUT2D eigenvalue weighted by Gasteiger charge is 2.40. The maximum atomic E-state index is 13.8. The number of carboxylic acids is 1. The lowest BCUT2D eigenvalue weighted by atomic mass is 9.88. The maximum Gasteiger partial charge on any atom is 0.331 e. The molecule has 13 heteroatoms. The van der Waals surface area contributed by atoms with Crippen molar-refractivity contribution in [3.05, 3.63) is 36.0 Å². The van der Waals surface area contributed by atoms with Crippen LogP contribution in [0.1, 0.15) is 88.9 Å². The van der Waals surface area contributed by atoms with Crippen molar-refractivity contribution in [2.45, 2.75) is 103 Å². The molecule has 1 saturated heterocycles. The van der Waals surface area contributed by atoms with E-state index in [4.69, 9.17) is 4.74 Å². The van der Waals surface area contributed by atoms with E-state index in [1.807, 2.05) is 6.92 Å². The van der Waals surface area contributed by atoms with Crippen molar-refractivity contribution in [3.63, 3.8) is 0 Å². The molecule has 46 heavy (non-hydrogen) atoms. The normalized spacial score (nSPS) is 23.6. The molecule has 0 radical (unpaired) electrons. The highest BCUT2D eigenvalue weighted by Crippen LogP contribution is 2.25. The van der Waals surface area contributed by atoms with Crippen molar-refractivity contribution in [1.29, 1.82) is 0 Å². The Labute approximate surface area is 268 Å². The summed E-state index contributed by atoms with van der Waals surface area (Å²) in [6, 6.07) is 1.90. The van der Waals surface area contributed by atoms with Gasteiger partial charge in [-0.15, -0.1) is 0 Å². The molecule has 2 heterocycles. The summed E-state index contributed by atoms with van der Waals surface area (Å²) >= 11 is 0. The van der Waals surface area contributed by atoms with E-state index in [9.17, 15) is 39.0 Å². The number of cyclic esters (lactones) is 1. The third-order valence-corrected chi connectivity index (χ3v) is 8.46. The molecule has 0 spiro atoms. The molecule has 1 aromatic carbocycles. The lowest BCUT2D eigenvalue weighted by Gasteiger charge is -2.31.